The summed E-state index contributed by atoms with van der Waals surface area (Å²) in [5, 5.41) is 2.87. The summed E-state index contributed by atoms with van der Waals surface area (Å²) < 4.78 is 6.57. The summed E-state index contributed by atoms with van der Waals surface area (Å²) in [4.78, 5) is 16.9. The van der Waals surface area contributed by atoms with Gasteiger partial charge in [-0.15, -0.1) is 0 Å². The Labute approximate surface area is 171 Å². The highest BCUT2D eigenvalue weighted by atomic mass is 79.9. The molecule has 0 radical (unpaired) electrons. The van der Waals surface area contributed by atoms with Crippen molar-refractivity contribution in [2.24, 2.45) is 0 Å². The van der Waals surface area contributed by atoms with E-state index in [-0.39, 0.29) is 11.5 Å². The highest BCUT2D eigenvalue weighted by Gasteiger charge is 2.53. The van der Waals surface area contributed by atoms with Crippen molar-refractivity contribution >= 4 is 27.7 Å². The molecule has 0 saturated carbocycles. The molecule has 0 unspecified atom stereocenters. The Balaban J connectivity index is 1.65. The maximum Gasteiger partial charge on any atom is 0.412 e. The summed E-state index contributed by atoms with van der Waals surface area (Å²) in [5.41, 5.74) is 2.52. The SMILES string of the molecule is CCCCCCCNC(=O)Oc1cc(Br)c2c(c1)[C@]1(C)CCN(C)[C@@H]1N2C. The van der Waals surface area contributed by atoms with Crippen molar-refractivity contribution in [1.29, 1.82) is 0 Å². The zero-order chi connectivity index (χ0) is 19.6. The number of unbranched alkanes of at least 4 members (excludes halogenated alkanes) is 4. The number of amides is 1. The summed E-state index contributed by atoms with van der Waals surface area (Å²) in [6, 6.07) is 3.96. The monoisotopic (exact) mass is 437 g/mol. The molecule has 6 heteroatoms. The summed E-state index contributed by atoms with van der Waals surface area (Å²) >= 11 is 3.70. The predicted molar refractivity (Wildman–Crippen MR) is 114 cm³/mol. The van der Waals surface area contributed by atoms with Gasteiger partial charge in [0.1, 0.15) is 5.75 Å². The van der Waals surface area contributed by atoms with Crippen molar-refractivity contribution in [3.8, 4) is 5.75 Å². The Hall–Kier alpha value is -1.27. The molecular formula is C21H32BrN3O2. The van der Waals surface area contributed by atoms with Gasteiger partial charge in [0.25, 0.3) is 0 Å². The van der Waals surface area contributed by atoms with Crippen LogP contribution in [0.15, 0.2) is 16.6 Å². The Kier molecular flexibility index (Phi) is 6.36. The molecule has 1 fully saturated rings. The predicted octanol–water partition coefficient (Wildman–Crippen LogP) is 4.88. The number of likely N-dealkylation sites (tertiary alicyclic amines) is 1. The van der Waals surface area contributed by atoms with Crippen LogP contribution in [0, 0.1) is 0 Å². The van der Waals surface area contributed by atoms with Crippen LogP contribution in [0.2, 0.25) is 0 Å². The molecule has 1 aromatic rings. The summed E-state index contributed by atoms with van der Waals surface area (Å²) in [6.07, 6.45) is 6.95. The number of fused-ring (bicyclic) bond motifs is 3. The van der Waals surface area contributed by atoms with Crippen molar-refractivity contribution in [1.82, 2.24) is 10.2 Å². The molecule has 2 aliphatic heterocycles. The standard InChI is InChI=1S/C21H32BrN3O2/c1-5-6-7-8-9-11-23-20(26)27-15-13-16-18(17(22)14-15)25(4)19-21(16,2)10-12-24(19)3/h13-14,19H,5-12H2,1-4H3,(H,23,26)/t19-,21+/m1/s1. The van der Waals surface area contributed by atoms with Crippen molar-refractivity contribution in [2.45, 2.75) is 64.0 Å². The van der Waals surface area contributed by atoms with Gasteiger partial charge in [0, 0.05) is 30.0 Å². The fraction of sp³-hybridized carbons (Fsp3) is 0.667. The number of carbonyl (C=O) groups excluding carboxylic acids is 1. The maximum absolute atomic E-state index is 12.2. The average Bonchev–Trinajstić information content (AvgIpc) is 3.04. The van der Waals surface area contributed by atoms with Crippen molar-refractivity contribution < 1.29 is 9.53 Å². The number of carbonyl (C=O) groups is 1. The second-order valence-electron chi connectivity index (χ2n) is 8.16. The maximum atomic E-state index is 12.2. The first kappa shape index (κ1) is 20.5. The molecule has 0 aliphatic carbocycles. The third kappa shape index (κ3) is 3.97. The van der Waals surface area contributed by atoms with E-state index in [1.807, 2.05) is 6.07 Å². The Morgan fingerprint density at radius 3 is 2.78 bits per heavy atom. The number of likely N-dealkylation sites (N-methyl/N-ethyl adjacent to an activating group) is 2. The van der Waals surface area contributed by atoms with Gasteiger partial charge in [-0.25, -0.2) is 4.79 Å². The van der Waals surface area contributed by atoms with Gasteiger partial charge in [-0.1, -0.05) is 39.5 Å². The molecule has 0 aromatic heterocycles. The molecule has 3 rings (SSSR count). The van der Waals surface area contributed by atoms with E-state index >= 15 is 0 Å². The van der Waals surface area contributed by atoms with Gasteiger partial charge in [0.2, 0.25) is 0 Å². The average molecular weight is 438 g/mol. The highest BCUT2D eigenvalue weighted by molar-refractivity contribution is 9.10. The lowest BCUT2D eigenvalue weighted by Crippen LogP contribution is -2.45. The Morgan fingerprint density at radius 2 is 2.04 bits per heavy atom. The number of rotatable bonds is 7. The number of benzene rings is 1. The van der Waals surface area contributed by atoms with Gasteiger partial charge in [-0.3, -0.25) is 4.90 Å². The first-order chi connectivity index (χ1) is 12.9. The lowest BCUT2D eigenvalue weighted by atomic mass is 9.81. The topological polar surface area (TPSA) is 44.8 Å². The van der Waals surface area contributed by atoms with Crippen LogP contribution in [0.4, 0.5) is 10.5 Å². The quantitative estimate of drug-likeness (QED) is 0.617. The van der Waals surface area contributed by atoms with Crippen LogP contribution in [-0.2, 0) is 5.41 Å². The van der Waals surface area contributed by atoms with E-state index in [0.29, 0.717) is 18.5 Å². The molecule has 5 nitrogen and oxygen atoms in total. The minimum Gasteiger partial charge on any atom is -0.410 e. The lowest BCUT2D eigenvalue weighted by Gasteiger charge is -2.32. The molecule has 2 aliphatic rings. The second-order valence-corrected chi connectivity index (χ2v) is 9.02. The highest BCUT2D eigenvalue weighted by Crippen LogP contribution is 2.54. The van der Waals surface area contributed by atoms with Crippen LogP contribution in [0.1, 0.15) is 57.9 Å². The van der Waals surface area contributed by atoms with Gasteiger partial charge in [0.15, 0.2) is 0 Å². The number of anilines is 1. The molecular weight excluding hydrogens is 406 g/mol. The number of ether oxygens (including phenoxy) is 1. The van der Waals surface area contributed by atoms with Gasteiger partial charge in [-0.05, 0) is 53.5 Å². The molecule has 1 aromatic carbocycles. The second kappa shape index (κ2) is 8.39. The molecule has 0 bridgehead atoms. The van der Waals surface area contributed by atoms with Crippen LogP contribution in [0.25, 0.3) is 0 Å². The lowest BCUT2D eigenvalue weighted by molar-refractivity contribution is 0.200. The fourth-order valence-corrected chi connectivity index (χ4v) is 5.47. The van der Waals surface area contributed by atoms with E-state index in [4.69, 9.17) is 4.74 Å². The number of hydrogen-bond acceptors (Lipinski definition) is 4. The molecule has 2 atom stereocenters. The number of nitrogens with zero attached hydrogens (tertiary/aromatic N) is 2. The summed E-state index contributed by atoms with van der Waals surface area (Å²) in [5.74, 6) is 0.605. The first-order valence-electron chi connectivity index (χ1n) is 10.1. The first-order valence-corrected chi connectivity index (χ1v) is 10.9. The van der Waals surface area contributed by atoms with Crippen LogP contribution in [0.5, 0.6) is 5.75 Å². The fourth-order valence-electron chi connectivity index (χ4n) is 4.75. The molecule has 2 heterocycles. The largest absolute Gasteiger partial charge is 0.412 e. The van der Waals surface area contributed by atoms with E-state index in [1.54, 1.807) is 0 Å². The molecule has 150 valence electrons. The van der Waals surface area contributed by atoms with Gasteiger partial charge >= 0.3 is 6.09 Å². The Bertz CT molecular complexity index is 696. The van der Waals surface area contributed by atoms with Crippen LogP contribution in [0.3, 0.4) is 0 Å². The molecule has 1 amide bonds. The number of nitrogens with one attached hydrogen (secondary N) is 1. The molecule has 1 saturated heterocycles. The van der Waals surface area contributed by atoms with Crippen LogP contribution < -0.4 is 15.0 Å². The minimum atomic E-state index is -0.367. The summed E-state index contributed by atoms with van der Waals surface area (Å²) in [6.45, 7) is 6.26. The zero-order valence-electron chi connectivity index (χ0n) is 17.0. The van der Waals surface area contributed by atoms with Gasteiger partial charge in [-0.2, -0.15) is 0 Å². The van der Waals surface area contributed by atoms with Crippen molar-refractivity contribution in [3.05, 3.63) is 22.2 Å². The van der Waals surface area contributed by atoms with Crippen LogP contribution >= 0.6 is 15.9 Å². The zero-order valence-corrected chi connectivity index (χ0v) is 18.6. The van der Waals surface area contributed by atoms with Crippen molar-refractivity contribution in [2.75, 3.05) is 32.1 Å². The Morgan fingerprint density at radius 1 is 1.30 bits per heavy atom. The minimum absolute atomic E-state index is 0.0521. The van der Waals surface area contributed by atoms with Crippen LogP contribution in [-0.4, -0.2) is 44.3 Å². The van der Waals surface area contributed by atoms with Gasteiger partial charge in [0.05, 0.1) is 11.9 Å². The number of halogens is 1. The van der Waals surface area contributed by atoms with E-state index in [2.05, 4.69) is 65.1 Å². The molecule has 0 spiro atoms. The van der Waals surface area contributed by atoms with E-state index in [1.165, 1.54) is 30.5 Å². The smallest absolute Gasteiger partial charge is 0.410 e. The van der Waals surface area contributed by atoms with Crippen molar-refractivity contribution in [3.63, 3.8) is 0 Å². The van der Waals surface area contributed by atoms with E-state index in [0.717, 1.165) is 30.3 Å². The van der Waals surface area contributed by atoms with E-state index in [9.17, 15) is 4.79 Å². The van der Waals surface area contributed by atoms with Gasteiger partial charge < -0.3 is 15.0 Å². The van der Waals surface area contributed by atoms with E-state index < -0.39 is 0 Å². The molecule has 1 N–H and O–H groups in total. The number of hydrogen-bond donors (Lipinski definition) is 1. The summed E-state index contributed by atoms with van der Waals surface area (Å²) in [7, 11) is 4.32. The third-order valence-electron chi connectivity index (χ3n) is 6.10. The normalized spacial score (nSPS) is 24.0. The third-order valence-corrected chi connectivity index (χ3v) is 6.71. The molecule has 27 heavy (non-hydrogen) atoms.